The summed E-state index contributed by atoms with van der Waals surface area (Å²) in [7, 11) is 0. The molecule has 0 aliphatic heterocycles. The van der Waals surface area contributed by atoms with Crippen molar-refractivity contribution in [2.24, 2.45) is 0 Å². The van der Waals surface area contributed by atoms with E-state index >= 15 is 0 Å². The van der Waals surface area contributed by atoms with Crippen molar-refractivity contribution in [2.75, 3.05) is 18.9 Å². The average molecular weight is 222 g/mol. The van der Waals surface area contributed by atoms with Crippen molar-refractivity contribution >= 4 is 11.6 Å². The predicted molar refractivity (Wildman–Crippen MR) is 64.4 cm³/mol. The molecule has 16 heavy (non-hydrogen) atoms. The summed E-state index contributed by atoms with van der Waals surface area (Å²) in [6.07, 6.45) is 0.920. The van der Waals surface area contributed by atoms with Crippen molar-refractivity contribution in [3.05, 3.63) is 23.8 Å². The van der Waals surface area contributed by atoms with E-state index in [9.17, 15) is 4.79 Å². The highest BCUT2D eigenvalue weighted by molar-refractivity contribution is 5.77. The topological polar surface area (TPSA) is 64.3 Å². The third kappa shape index (κ3) is 3.46. The fourth-order valence-electron chi connectivity index (χ4n) is 1.25. The van der Waals surface area contributed by atoms with Gasteiger partial charge in [-0.2, -0.15) is 0 Å². The Morgan fingerprint density at radius 2 is 2.25 bits per heavy atom. The Hall–Kier alpha value is -1.71. The van der Waals surface area contributed by atoms with Crippen molar-refractivity contribution in [3.8, 4) is 5.75 Å². The highest BCUT2D eigenvalue weighted by Gasteiger charge is 2.05. The number of nitrogen functional groups attached to an aromatic ring is 1. The molecule has 3 N–H and O–H groups in total. The number of carbonyl (C=O) groups is 1. The summed E-state index contributed by atoms with van der Waals surface area (Å²) in [5.41, 5.74) is 7.27. The highest BCUT2D eigenvalue weighted by Crippen LogP contribution is 2.22. The van der Waals surface area contributed by atoms with E-state index in [1.54, 1.807) is 12.1 Å². The second kappa shape index (κ2) is 6.00. The minimum Gasteiger partial charge on any atom is -0.483 e. The molecule has 88 valence electrons. The Kier molecular flexibility index (Phi) is 4.64. The molecule has 1 aromatic rings. The van der Waals surface area contributed by atoms with Gasteiger partial charge in [0.05, 0.1) is 0 Å². The van der Waals surface area contributed by atoms with Gasteiger partial charge in [-0.1, -0.05) is 13.0 Å². The van der Waals surface area contributed by atoms with E-state index in [-0.39, 0.29) is 12.5 Å². The lowest BCUT2D eigenvalue weighted by molar-refractivity contribution is -0.123. The first-order valence-electron chi connectivity index (χ1n) is 5.39. The molecule has 4 heteroatoms. The Morgan fingerprint density at radius 1 is 1.50 bits per heavy atom. The molecule has 0 unspecified atom stereocenters. The molecule has 0 spiro atoms. The van der Waals surface area contributed by atoms with E-state index in [1.807, 2.05) is 19.9 Å². The summed E-state index contributed by atoms with van der Waals surface area (Å²) in [6.45, 7) is 4.58. The van der Waals surface area contributed by atoms with E-state index in [2.05, 4.69) is 5.32 Å². The minimum atomic E-state index is -0.108. The van der Waals surface area contributed by atoms with E-state index in [0.717, 1.165) is 12.0 Å². The normalized spacial score (nSPS) is 9.88. The molecule has 1 rings (SSSR count). The zero-order valence-electron chi connectivity index (χ0n) is 9.75. The lowest BCUT2D eigenvalue weighted by atomic mass is 10.2. The number of nitrogens with two attached hydrogens (primary N) is 1. The van der Waals surface area contributed by atoms with Gasteiger partial charge in [0, 0.05) is 17.8 Å². The maximum Gasteiger partial charge on any atom is 0.257 e. The van der Waals surface area contributed by atoms with E-state index < -0.39 is 0 Å². The van der Waals surface area contributed by atoms with Crippen LogP contribution in [0.5, 0.6) is 5.75 Å². The summed E-state index contributed by atoms with van der Waals surface area (Å²) in [5, 5.41) is 2.74. The monoisotopic (exact) mass is 222 g/mol. The molecule has 4 nitrogen and oxygen atoms in total. The Labute approximate surface area is 95.8 Å². The third-order valence-electron chi connectivity index (χ3n) is 2.26. The lowest BCUT2D eigenvalue weighted by Gasteiger charge is -2.10. The van der Waals surface area contributed by atoms with Crippen LogP contribution in [0.25, 0.3) is 0 Å². The van der Waals surface area contributed by atoms with Gasteiger partial charge in [-0.15, -0.1) is 0 Å². The quantitative estimate of drug-likeness (QED) is 0.742. The number of carbonyl (C=O) groups excluding carboxylic acids is 1. The van der Waals surface area contributed by atoms with Crippen LogP contribution >= 0.6 is 0 Å². The summed E-state index contributed by atoms with van der Waals surface area (Å²) in [6, 6.07) is 5.42. The van der Waals surface area contributed by atoms with Crippen LogP contribution in [0.1, 0.15) is 18.9 Å². The molecular formula is C12H18N2O2. The summed E-state index contributed by atoms with van der Waals surface area (Å²) >= 11 is 0. The summed E-state index contributed by atoms with van der Waals surface area (Å²) in [5.74, 6) is 0.551. The van der Waals surface area contributed by atoms with Gasteiger partial charge in [0.2, 0.25) is 0 Å². The molecule has 0 radical (unpaired) electrons. The molecule has 0 saturated heterocycles. The molecule has 0 atom stereocenters. The van der Waals surface area contributed by atoms with Gasteiger partial charge in [-0.25, -0.2) is 0 Å². The van der Waals surface area contributed by atoms with E-state index in [0.29, 0.717) is 18.0 Å². The van der Waals surface area contributed by atoms with Gasteiger partial charge in [0.15, 0.2) is 6.61 Å². The molecule has 0 fully saturated rings. The molecule has 0 saturated carbocycles. The largest absolute Gasteiger partial charge is 0.483 e. The van der Waals surface area contributed by atoms with Crippen molar-refractivity contribution in [3.63, 3.8) is 0 Å². The number of amides is 1. The average Bonchev–Trinajstić information content (AvgIpc) is 2.28. The second-order valence-corrected chi connectivity index (χ2v) is 3.61. The number of benzene rings is 1. The Bertz CT molecular complexity index is 364. The van der Waals surface area contributed by atoms with Gasteiger partial charge in [-0.3, -0.25) is 4.79 Å². The zero-order valence-corrected chi connectivity index (χ0v) is 9.75. The number of rotatable bonds is 5. The summed E-state index contributed by atoms with van der Waals surface area (Å²) < 4.78 is 5.38. The number of hydrogen-bond acceptors (Lipinski definition) is 3. The first-order valence-corrected chi connectivity index (χ1v) is 5.39. The number of ether oxygens (including phenoxy) is 1. The van der Waals surface area contributed by atoms with Crippen LogP contribution in [0.4, 0.5) is 5.69 Å². The molecule has 1 amide bonds. The maximum atomic E-state index is 11.3. The van der Waals surface area contributed by atoms with E-state index in [4.69, 9.17) is 10.5 Å². The molecule has 1 aromatic carbocycles. The molecule has 0 aliphatic rings. The fourth-order valence-corrected chi connectivity index (χ4v) is 1.25. The van der Waals surface area contributed by atoms with E-state index in [1.165, 1.54) is 0 Å². The standard InChI is InChI=1S/C12H18N2O2/c1-3-7-14-12(15)8-16-11-6-4-5-10(13)9(11)2/h4-6H,3,7-8,13H2,1-2H3,(H,14,15). The smallest absolute Gasteiger partial charge is 0.257 e. The van der Waals surface area contributed by atoms with Crippen molar-refractivity contribution < 1.29 is 9.53 Å². The second-order valence-electron chi connectivity index (χ2n) is 3.61. The fraction of sp³-hybridized carbons (Fsp3) is 0.417. The van der Waals surface area contributed by atoms with Crippen LogP contribution in [0.3, 0.4) is 0 Å². The SMILES string of the molecule is CCCNC(=O)COc1cccc(N)c1C. The van der Waals surface area contributed by atoms with Crippen LogP contribution in [0.2, 0.25) is 0 Å². The van der Waals surface area contributed by atoms with Gasteiger partial charge in [0.25, 0.3) is 5.91 Å². The highest BCUT2D eigenvalue weighted by atomic mass is 16.5. The van der Waals surface area contributed by atoms with Crippen molar-refractivity contribution in [2.45, 2.75) is 20.3 Å². The van der Waals surface area contributed by atoms with Crippen LogP contribution in [0, 0.1) is 6.92 Å². The molecule has 0 aromatic heterocycles. The minimum absolute atomic E-state index is 0.0320. The maximum absolute atomic E-state index is 11.3. The number of anilines is 1. The Balaban J connectivity index is 2.48. The third-order valence-corrected chi connectivity index (χ3v) is 2.26. The summed E-state index contributed by atoms with van der Waals surface area (Å²) in [4.78, 5) is 11.3. The first-order chi connectivity index (χ1) is 7.65. The van der Waals surface area contributed by atoms with Crippen molar-refractivity contribution in [1.82, 2.24) is 5.32 Å². The van der Waals surface area contributed by atoms with Gasteiger partial charge in [-0.05, 0) is 25.5 Å². The number of hydrogen-bond donors (Lipinski definition) is 2. The van der Waals surface area contributed by atoms with Crippen LogP contribution in [0.15, 0.2) is 18.2 Å². The van der Waals surface area contributed by atoms with Crippen LogP contribution in [-0.2, 0) is 4.79 Å². The molecular weight excluding hydrogens is 204 g/mol. The first kappa shape index (κ1) is 12.4. The molecule has 0 aliphatic carbocycles. The predicted octanol–water partition coefficient (Wildman–Crippen LogP) is 1.48. The van der Waals surface area contributed by atoms with Crippen LogP contribution in [-0.4, -0.2) is 19.1 Å². The molecule has 0 heterocycles. The van der Waals surface area contributed by atoms with Gasteiger partial charge >= 0.3 is 0 Å². The van der Waals surface area contributed by atoms with Crippen LogP contribution < -0.4 is 15.8 Å². The van der Waals surface area contributed by atoms with Gasteiger partial charge in [0.1, 0.15) is 5.75 Å². The zero-order chi connectivity index (χ0) is 12.0. The Morgan fingerprint density at radius 3 is 2.94 bits per heavy atom. The van der Waals surface area contributed by atoms with Gasteiger partial charge < -0.3 is 15.8 Å². The molecule has 0 bridgehead atoms. The lowest BCUT2D eigenvalue weighted by Crippen LogP contribution is -2.29. The van der Waals surface area contributed by atoms with Crippen molar-refractivity contribution in [1.29, 1.82) is 0 Å². The number of nitrogens with one attached hydrogen (secondary N) is 1.